The highest BCUT2D eigenvalue weighted by Crippen LogP contribution is 2.52. The topological polar surface area (TPSA) is 52.8 Å². The van der Waals surface area contributed by atoms with Gasteiger partial charge in [0.15, 0.2) is 0 Å². The molecule has 0 aliphatic rings. The molecule has 7 nitrogen and oxygen atoms in total. The lowest BCUT2D eigenvalue weighted by Gasteiger charge is -2.27. The van der Waals surface area contributed by atoms with Gasteiger partial charge in [-0.25, -0.2) is 4.85 Å². The molecule has 5 heterocycles. The van der Waals surface area contributed by atoms with Crippen LogP contribution in [-0.4, -0.2) is 22.8 Å². The Hall–Kier alpha value is -10.6. The standard InChI is InChI=1S/C68H39N7/c1-70-64-65(72-52-31-13-5-23-43(52)44-24-6-14-32-53(44)72)51(41-69)66(73-54-33-15-7-25-45(54)46-26-8-16-34-55(46)73)68(67(64)74-56-35-17-9-27-47(56)48-28-10-18-36-57(48)74)75-59-38-20-12-30-50(59)63-61(75)40-39-60-62(63)49-29-11-19-37-58(49)71(60)42-21-3-2-4-22-42/h2-40H. The van der Waals surface area contributed by atoms with Gasteiger partial charge in [0.2, 0.25) is 5.69 Å². The van der Waals surface area contributed by atoms with E-state index in [9.17, 15) is 11.8 Å². The van der Waals surface area contributed by atoms with Crippen molar-refractivity contribution in [3.8, 4) is 34.5 Å². The first-order valence-electron chi connectivity index (χ1n) is 25.2. The Bertz CT molecular complexity index is 4900. The van der Waals surface area contributed by atoms with Crippen molar-refractivity contribution in [3.05, 3.63) is 254 Å². The molecule has 16 aromatic rings. The van der Waals surface area contributed by atoms with Gasteiger partial charge in [0.25, 0.3) is 0 Å². The second-order valence-corrected chi connectivity index (χ2v) is 19.3. The average Bonchev–Trinajstić information content (AvgIpc) is 4.40. The lowest BCUT2D eigenvalue weighted by Crippen LogP contribution is -2.14. The van der Waals surface area contributed by atoms with Gasteiger partial charge in [-0.15, -0.1) is 0 Å². The molecule has 0 amide bonds. The molecule has 0 aliphatic carbocycles. The fourth-order valence-corrected chi connectivity index (χ4v) is 12.9. The van der Waals surface area contributed by atoms with E-state index in [1.807, 2.05) is 12.1 Å². The van der Waals surface area contributed by atoms with Gasteiger partial charge in [-0.1, -0.05) is 164 Å². The molecular weight excluding hydrogens is 915 g/mol. The molecule has 0 radical (unpaired) electrons. The van der Waals surface area contributed by atoms with Crippen molar-refractivity contribution in [2.75, 3.05) is 0 Å². The molecule has 346 valence electrons. The van der Waals surface area contributed by atoms with E-state index in [4.69, 9.17) is 4.85 Å². The Morgan fingerprint density at radius 3 is 0.960 bits per heavy atom. The Morgan fingerprint density at radius 2 is 0.573 bits per heavy atom. The molecule has 0 saturated heterocycles. The Balaban J connectivity index is 1.22. The van der Waals surface area contributed by atoms with Crippen LogP contribution in [0.2, 0.25) is 0 Å². The molecule has 0 fully saturated rings. The zero-order valence-corrected chi connectivity index (χ0v) is 40.1. The normalized spacial score (nSPS) is 12.0. The first kappa shape index (κ1) is 41.1. The largest absolute Gasteiger partial charge is 0.318 e. The maximum absolute atomic E-state index is 12.5. The smallest absolute Gasteiger partial charge is 0.237 e. The van der Waals surface area contributed by atoms with Crippen molar-refractivity contribution in [2.45, 2.75) is 0 Å². The highest BCUT2D eigenvalue weighted by atomic mass is 15.1. The Morgan fingerprint density at radius 1 is 0.280 bits per heavy atom. The van der Waals surface area contributed by atoms with Crippen LogP contribution in [0.25, 0.3) is 142 Å². The first-order chi connectivity index (χ1) is 37.2. The summed E-state index contributed by atoms with van der Waals surface area (Å²) in [6, 6.07) is 86.1. The van der Waals surface area contributed by atoms with Gasteiger partial charge in [-0.05, 0) is 72.8 Å². The van der Waals surface area contributed by atoms with Crippen LogP contribution >= 0.6 is 0 Å². The molecule has 7 heteroatoms. The van der Waals surface area contributed by atoms with Crippen LogP contribution in [0.4, 0.5) is 5.69 Å². The van der Waals surface area contributed by atoms with Gasteiger partial charge in [0, 0.05) is 59.5 Å². The summed E-state index contributed by atoms with van der Waals surface area (Å²) in [6.45, 7) is 9.74. The molecule has 0 N–H and O–H groups in total. The number of nitriles is 1. The quantitative estimate of drug-likeness (QED) is 0.159. The van der Waals surface area contributed by atoms with Crippen molar-refractivity contribution < 1.29 is 0 Å². The number of fused-ring (bicyclic) bond motifs is 16. The fourth-order valence-electron chi connectivity index (χ4n) is 12.9. The van der Waals surface area contributed by atoms with Gasteiger partial charge in [0.1, 0.15) is 6.07 Å². The van der Waals surface area contributed by atoms with Crippen LogP contribution in [0.3, 0.4) is 0 Å². The van der Waals surface area contributed by atoms with E-state index >= 15 is 0 Å². The van der Waals surface area contributed by atoms with Crippen LogP contribution in [0.1, 0.15) is 5.56 Å². The minimum Gasteiger partial charge on any atom is -0.318 e. The van der Waals surface area contributed by atoms with Gasteiger partial charge in [0.05, 0.1) is 90.1 Å². The predicted octanol–water partition coefficient (Wildman–Crippen LogP) is 17.6. The zero-order valence-electron chi connectivity index (χ0n) is 40.1. The van der Waals surface area contributed by atoms with Crippen LogP contribution in [0, 0.1) is 17.9 Å². The molecule has 75 heavy (non-hydrogen) atoms. The van der Waals surface area contributed by atoms with E-state index in [0.29, 0.717) is 28.3 Å². The second kappa shape index (κ2) is 15.5. The summed E-state index contributed by atoms with van der Waals surface area (Å²) < 4.78 is 11.5. The van der Waals surface area contributed by atoms with E-state index in [-0.39, 0.29) is 0 Å². The van der Waals surface area contributed by atoms with Crippen molar-refractivity contribution in [1.82, 2.24) is 22.8 Å². The molecule has 0 aliphatic heterocycles. The van der Waals surface area contributed by atoms with E-state index in [2.05, 4.69) is 253 Å². The number of para-hydroxylation sites is 9. The molecule has 0 spiro atoms. The Kier molecular flexibility index (Phi) is 8.46. The number of benzene rings is 11. The van der Waals surface area contributed by atoms with Crippen molar-refractivity contribution in [2.24, 2.45) is 0 Å². The summed E-state index contributed by atoms with van der Waals surface area (Å²) in [4.78, 5) is 4.76. The zero-order chi connectivity index (χ0) is 49.5. The van der Waals surface area contributed by atoms with E-state index < -0.39 is 0 Å². The number of hydrogen-bond acceptors (Lipinski definition) is 1. The molecule has 0 saturated carbocycles. The number of nitrogens with zero attached hydrogens (tertiary/aromatic N) is 7. The summed E-state index contributed by atoms with van der Waals surface area (Å²) in [5.74, 6) is 0. The Labute approximate surface area is 428 Å². The average molecular weight is 954 g/mol. The predicted molar refractivity (Wildman–Crippen MR) is 309 cm³/mol. The SMILES string of the molecule is [C-]#[N+]c1c(-n2c3ccccc3c3ccccc32)c(C#N)c(-n2c3ccccc3c3ccccc32)c(-n2c3ccccc3c3c4c5ccccc5n(-c5ccccc5)c4ccc32)c1-n1c2ccccc2c2ccccc21. The van der Waals surface area contributed by atoms with Crippen LogP contribution in [0.5, 0.6) is 0 Å². The minimum atomic E-state index is 0.358. The number of hydrogen-bond donors (Lipinski definition) is 0. The summed E-state index contributed by atoms with van der Waals surface area (Å²) in [6.07, 6.45) is 0. The number of aromatic nitrogens is 5. The fraction of sp³-hybridized carbons (Fsp3) is 0. The van der Waals surface area contributed by atoms with E-state index in [1.54, 1.807) is 0 Å². The molecule has 0 bridgehead atoms. The van der Waals surface area contributed by atoms with Crippen molar-refractivity contribution in [1.29, 1.82) is 5.26 Å². The van der Waals surface area contributed by atoms with Gasteiger partial charge < -0.3 is 22.8 Å². The van der Waals surface area contributed by atoms with Gasteiger partial charge in [-0.2, -0.15) is 5.26 Å². The van der Waals surface area contributed by atoms with Crippen molar-refractivity contribution in [3.63, 3.8) is 0 Å². The van der Waals surface area contributed by atoms with Gasteiger partial charge >= 0.3 is 0 Å². The monoisotopic (exact) mass is 953 g/mol. The third-order valence-electron chi connectivity index (χ3n) is 15.7. The maximum atomic E-state index is 12.5. The summed E-state index contributed by atoms with van der Waals surface area (Å²) >= 11 is 0. The van der Waals surface area contributed by atoms with Crippen LogP contribution in [-0.2, 0) is 0 Å². The molecule has 0 atom stereocenters. The molecule has 11 aromatic carbocycles. The highest BCUT2D eigenvalue weighted by Gasteiger charge is 2.35. The first-order valence-corrected chi connectivity index (χ1v) is 25.2. The lowest BCUT2D eigenvalue weighted by molar-refractivity contribution is 1.03. The molecule has 16 rings (SSSR count). The molecule has 0 unspecified atom stereocenters. The maximum Gasteiger partial charge on any atom is 0.237 e. The van der Waals surface area contributed by atoms with E-state index in [1.165, 1.54) is 0 Å². The van der Waals surface area contributed by atoms with E-state index in [0.717, 1.165) is 120 Å². The molecule has 5 aromatic heterocycles. The lowest BCUT2D eigenvalue weighted by atomic mass is 10.0. The third kappa shape index (κ3) is 5.40. The summed E-state index contributed by atoms with van der Waals surface area (Å²) in [7, 11) is 0. The minimum absolute atomic E-state index is 0.358. The third-order valence-corrected chi connectivity index (χ3v) is 15.7. The summed E-state index contributed by atoms with van der Waals surface area (Å²) in [5, 5.41) is 23.2. The van der Waals surface area contributed by atoms with Crippen LogP contribution < -0.4 is 0 Å². The summed E-state index contributed by atoms with van der Waals surface area (Å²) in [5.41, 5.74) is 14.1. The van der Waals surface area contributed by atoms with Crippen molar-refractivity contribution >= 4 is 115 Å². The van der Waals surface area contributed by atoms with Crippen LogP contribution in [0.15, 0.2) is 237 Å². The second-order valence-electron chi connectivity index (χ2n) is 19.3. The molecular formula is C68H39N7. The highest BCUT2D eigenvalue weighted by molar-refractivity contribution is 6.29. The van der Waals surface area contributed by atoms with Gasteiger partial charge in [-0.3, -0.25) is 0 Å². The number of rotatable bonds is 5.